The smallest absolute Gasteiger partial charge is 0.460 e. The van der Waals surface area contributed by atoms with Crippen molar-refractivity contribution in [2.24, 2.45) is 5.41 Å². The molecule has 8 heteroatoms. The summed E-state index contributed by atoms with van der Waals surface area (Å²) in [6, 6.07) is 1.56. The number of H-pyrrole nitrogens is 1. The Morgan fingerprint density at radius 2 is 2.29 bits per heavy atom. The first kappa shape index (κ1) is 18.4. The van der Waals surface area contributed by atoms with Gasteiger partial charge < -0.3 is 19.9 Å². The van der Waals surface area contributed by atoms with Crippen molar-refractivity contribution in [3.63, 3.8) is 0 Å². The van der Waals surface area contributed by atoms with Crippen molar-refractivity contribution >= 4 is 11.8 Å². The van der Waals surface area contributed by atoms with E-state index in [9.17, 15) is 9.59 Å². The summed E-state index contributed by atoms with van der Waals surface area (Å²) in [6.07, 6.45) is 3.03. The number of nitrogens with one attached hydrogen (secondary N) is 1. The fourth-order valence-corrected chi connectivity index (χ4v) is 2.42. The summed E-state index contributed by atoms with van der Waals surface area (Å²) in [7, 11) is 0. The van der Waals surface area contributed by atoms with Crippen LogP contribution in [0, 0.1) is 5.41 Å². The van der Waals surface area contributed by atoms with E-state index < -0.39 is 17.9 Å². The zero-order chi connectivity index (χ0) is 17.7. The van der Waals surface area contributed by atoms with Crippen molar-refractivity contribution in [1.29, 1.82) is 0 Å². The van der Waals surface area contributed by atoms with Gasteiger partial charge in [-0.05, 0) is 20.3 Å². The number of unbranched alkanes of at least 4 members (excludes halogenated alkanes) is 1. The minimum Gasteiger partial charge on any atom is -0.460 e. The van der Waals surface area contributed by atoms with E-state index in [-0.39, 0.29) is 30.7 Å². The van der Waals surface area contributed by atoms with Gasteiger partial charge in [0.2, 0.25) is 6.23 Å². The Balaban J connectivity index is 1.86. The SMILES string of the molecule is CCCCC(C)(C)C(=O)OC[C@H]1OC[C@@H]([n+]2ccc(N)[nH]c2=O)O1. The molecule has 2 heterocycles. The van der Waals surface area contributed by atoms with E-state index in [0.29, 0.717) is 0 Å². The number of ether oxygens (including phenoxy) is 3. The van der Waals surface area contributed by atoms with Gasteiger partial charge in [0.15, 0.2) is 12.1 Å². The van der Waals surface area contributed by atoms with E-state index in [2.05, 4.69) is 11.9 Å². The first-order valence-electron chi connectivity index (χ1n) is 8.17. The van der Waals surface area contributed by atoms with Gasteiger partial charge in [-0.1, -0.05) is 19.8 Å². The highest BCUT2D eigenvalue weighted by Gasteiger charge is 2.34. The van der Waals surface area contributed by atoms with Gasteiger partial charge in [0.1, 0.15) is 19.4 Å². The lowest BCUT2D eigenvalue weighted by atomic mass is 9.87. The van der Waals surface area contributed by atoms with Crippen molar-refractivity contribution in [3.05, 3.63) is 22.7 Å². The molecule has 0 bridgehead atoms. The lowest BCUT2D eigenvalue weighted by Crippen LogP contribution is -2.55. The van der Waals surface area contributed by atoms with Crippen molar-refractivity contribution in [1.82, 2.24) is 4.98 Å². The van der Waals surface area contributed by atoms with Crippen LogP contribution in [-0.4, -0.2) is 30.5 Å². The number of carbonyl (C=O) groups excluding carboxylic acids is 1. The molecule has 1 aromatic heterocycles. The maximum Gasteiger partial charge on any atom is 0.499 e. The molecule has 134 valence electrons. The highest BCUT2D eigenvalue weighted by molar-refractivity contribution is 5.75. The maximum atomic E-state index is 12.2. The topological polar surface area (TPSA) is 108 Å². The van der Waals surface area contributed by atoms with E-state index in [0.717, 1.165) is 19.3 Å². The molecule has 0 radical (unpaired) electrons. The molecule has 0 amide bonds. The quantitative estimate of drug-likeness (QED) is 0.563. The summed E-state index contributed by atoms with van der Waals surface area (Å²) < 4.78 is 17.7. The molecule has 8 nitrogen and oxygen atoms in total. The van der Waals surface area contributed by atoms with Crippen LogP contribution in [0.1, 0.15) is 46.3 Å². The largest absolute Gasteiger partial charge is 0.499 e. The standard InChI is InChI=1S/C16H25N3O5/c1-4-5-7-16(2,3)14(20)23-10-13-22-9-12(24-13)19-8-6-11(17)18-15(19)21/h6,8,12-13H,4-5,7,9-10H2,1-3H3,(H2,17,18,21)/p+1/t12-,13-/m0/s1. The van der Waals surface area contributed by atoms with Crippen LogP contribution in [0.15, 0.2) is 17.1 Å². The molecule has 24 heavy (non-hydrogen) atoms. The zero-order valence-corrected chi connectivity index (χ0v) is 14.4. The Labute approximate surface area is 140 Å². The van der Waals surface area contributed by atoms with Crippen LogP contribution in [0.4, 0.5) is 5.82 Å². The van der Waals surface area contributed by atoms with Crippen molar-refractivity contribution in [2.45, 2.75) is 52.6 Å². The summed E-state index contributed by atoms with van der Waals surface area (Å²) in [5, 5.41) is 0. The fraction of sp³-hybridized carbons (Fsp3) is 0.688. The summed E-state index contributed by atoms with van der Waals surface area (Å²) in [5.41, 5.74) is 4.59. The first-order valence-corrected chi connectivity index (χ1v) is 8.17. The fourth-order valence-electron chi connectivity index (χ4n) is 2.42. The van der Waals surface area contributed by atoms with E-state index in [4.69, 9.17) is 19.9 Å². The van der Waals surface area contributed by atoms with E-state index in [1.165, 1.54) is 10.8 Å². The highest BCUT2D eigenvalue weighted by Crippen LogP contribution is 2.25. The Kier molecular flexibility index (Phi) is 5.95. The third-order valence-corrected chi connectivity index (χ3v) is 4.00. The zero-order valence-electron chi connectivity index (χ0n) is 14.4. The molecule has 2 atom stereocenters. The Morgan fingerprint density at radius 1 is 1.54 bits per heavy atom. The van der Waals surface area contributed by atoms with Crippen LogP contribution in [0.3, 0.4) is 0 Å². The molecule has 1 aromatic rings. The van der Waals surface area contributed by atoms with Gasteiger partial charge in [0.25, 0.3) is 0 Å². The minimum absolute atomic E-state index is 0.00166. The number of nitrogens with zero attached hydrogens (tertiary/aromatic N) is 1. The highest BCUT2D eigenvalue weighted by atomic mass is 16.7. The number of rotatable bonds is 7. The first-order chi connectivity index (χ1) is 11.3. The Bertz CT molecular complexity index is 628. The van der Waals surface area contributed by atoms with Crippen LogP contribution in [0.25, 0.3) is 0 Å². The summed E-state index contributed by atoms with van der Waals surface area (Å²) in [4.78, 5) is 26.5. The van der Waals surface area contributed by atoms with Gasteiger partial charge >= 0.3 is 11.7 Å². The Morgan fingerprint density at radius 3 is 2.96 bits per heavy atom. The maximum absolute atomic E-state index is 12.2. The van der Waals surface area contributed by atoms with Crippen molar-refractivity contribution in [3.8, 4) is 0 Å². The third-order valence-electron chi connectivity index (χ3n) is 4.00. The second-order valence-electron chi connectivity index (χ2n) is 6.55. The molecule has 1 saturated heterocycles. The number of anilines is 1. The number of nitrogen functional groups attached to an aromatic ring is 1. The lowest BCUT2D eigenvalue weighted by molar-refractivity contribution is -0.771. The number of esters is 1. The number of hydrogen-bond donors (Lipinski definition) is 2. The predicted molar refractivity (Wildman–Crippen MR) is 85.8 cm³/mol. The number of aromatic nitrogens is 2. The molecule has 3 N–H and O–H groups in total. The van der Waals surface area contributed by atoms with E-state index in [1.54, 1.807) is 6.07 Å². The van der Waals surface area contributed by atoms with Gasteiger partial charge in [-0.15, -0.1) is 0 Å². The molecule has 0 aliphatic carbocycles. The van der Waals surface area contributed by atoms with Crippen LogP contribution in [-0.2, 0) is 19.0 Å². The van der Waals surface area contributed by atoms with Gasteiger partial charge in [-0.3, -0.25) is 4.79 Å². The number of carbonyl (C=O) groups is 1. The monoisotopic (exact) mass is 340 g/mol. The van der Waals surface area contributed by atoms with Gasteiger partial charge in [-0.2, -0.15) is 14.3 Å². The predicted octanol–water partition coefficient (Wildman–Crippen LogP) is 0.876. The molecule has 2 rings (SSSR count). The van der Waals surface area contributed by atoms with Gasteiger partial charge in [-0.25, -0.2) is 0 Å². The number of nitrogens with two attached hydrogens (primary N) is 1. The average molecular weight is 340 g/mol. The van der Waals surface area contributed by atoms with Crippen LogP contribution in [0.5, 0.6) is 0 Å². The molecule has 0 saturated carbocycles. The normalized spacial score (nSPS) is 21.0. The van der Waals surface area contributed by atoms with Crippen LogP contribution < -0.4 is 16.0 Å². The van der Waals surface area contributed by atoms with Crippen molar-refractivity contribution in [2.75, 3.05) is 18.9 Å². The summed E-state index contributed by atoms with van der Waals surface area (Å²) in [5.74, 6) is -0.000425. The molecular weight excluding hydrogens is 314 g/mol. The molecule has 1 aliphatic rings. The number of aromatic amines is 1. The molecule has 0 spiro atoms. The van der Waals surface area contributed by atoms with Crippen molar-refractivity contribution < 1.29 is 23.6 Å². The lowest BCUT2D eigenvalue weighted by Gasteiger charge is -2.23. The average Bonchev–Trinajstić information content (AvgIpc) is 2.99. The summed E-state index contributed by atoms with van der Waals surface area (Å²) >= 11 is 0. The molecule has 1 fully saturated rings. The molecular formula is C16H26N3O5+. The third kappa shape index (κ3) is 4.55. The van der Waals surface area contributed by atoms with E-state index >= 15 is 0 Å². The number of hydrogen-bond acceptors (Lipinski definition) is 6. The van der Waals surface area contributed by atoms with Crippen LogP contribution >= 0.6 is 0 Å². The molecule has 0 aromatic carbocycles. The van der Waals surface area contributed by atoms with Crippen LogP contribution in [0.2, 0.25) is 0 Å². The second kappa shape index (κ2) is 7.76. The minimum atomic E-state index is -0.689. The Hall–Kier alpha value is -1.93. The molecule has 1 aliphatic heterocycles. The van der Waals surface area contributed by atoms with E-state index in [1.807, 2.05) is 13.8 Å². The van der Waals surface area contributed by atoms with Gasteiger partial charge in [0, 0.05) is 6.07 Å². The summed E-state index contributed by atoms with van der Waals surface area (Å²) in [6.45, 7) is 6.01. The van der Waals surface area contributed by atoms with Gasteiger partial charge in [0.05, 0.1) is 5.41 Å². The second-order valence-corrected chi connectivity index (χ2v) is 6.55. The molecule has 0 unspecified atom stereocenters.